The zero-order chi connectivity index (χ0) is 32.5. The van der Waals surface area contributed by atoms with Gasteiger partial charge < -0.3 is 10.1 Å². The van der Waals surface area contributed by atoms with Crippen LogP contribution in [0, 0.1) is 23.2 Å². The molecule has 0 aromatic rings. The summed E-state index contributed by atoms with van der Waals surface area (Å²) in [4.78, 5) is 4.69. The summed E-state index contributed by atoms with van der Waals surface area (Å²) in [6.07, 6.45) is 12.1. The van der Waals surface area contributed by atoms with Gasteiger partial charge in [-0.1, -0.05) is 70.2 Å². The van der Waals surface area contributed by atoms with E-state index in [-0.39, 0.29) is 12.0 Å². The Balaban J connectivity index is 3.70. The molecule has 4 heteroatoms. The van der Waals surface area contributed by atoms with Gasteiger partial charge in [0.05, 0.1) is 17.7 Å². The van der Waals surface area contributed by atoms with E-state index in [0.717, 1.165) is 90.1 Å². The molecule has 4 nitrogen and oxygen atoms in total. The molecule has 0 bridgehead atoms. The molecule has 234 valence electrons. The first-order valence-corrected chi connectivity index (χ1v) is 15.8. The van der Waals surface area contributed by atoms with Gasteiger partial charge in [0.15, 0.2) is 0 Å². The summed E-state index contributed by atoms with van der Waals surface area (Å²) in [6.45, 7) is 33.1. The number of nitrogens with one attached hydrogen (secondary N) is 1. The highest BCUT2D eigenvalue weighted by molar-refractivity contribution is 6.03. The maximum atomic E-state index is 9.66. The second kappa shape index (κ2) is 19.9. The Morgan fingerprint density at radius 2 is 1.84 bits per heavy atom. The van der Waals surface area contributed by atoms with Crippen LogP contribution in [0.5, 0.6) is 0 Å². The molecule has 0 aliphatic heterocycles. The summed E-state index contributed by atoms with van der Waals surface area (Å²) < 4.78 is 5.99. The lowest BCUT2D eigenvalue weighted by Crippen LogP contribution is -2.21. The molecule has 43 heavy (non-hydrogen) atoms. The molecule has 1 rings (SSSR count). The van der Waals surface area contributed by atoms with Crippen molar-refractivity contribution in [2.45, 2.75) is 93.6 Å². The van der Waals surface area contributed by atoms with Crippen molar-refractivity contribution in [1.82, 2.24) is 5.32 Å². The zero-order valence-electron chi connectivity index (χ0n) is 28.6. The Kier molecular flexibility index (Phi) is 17.5. The SMILES string of the molecule is C=C(CCNCC(C)C)C/C(C(=C)C)=C(C(=C/C(C)C1=CC(C#N)=CC=C=C1C)\CC(=C)CC(C)OCCC)/C(C)=N\C. The molecule has 0 saturated heterocycles. The predicted molar refractivity (Wildman–Crippen MR) is 187 cm³/mol. The minimum absolute atomic E-state index is 0.0294. The zero-order valence-corrected chi connectivity index (χ0v) is 28.6. The quantitative estimate of drug-likeness (QED) is 0.0541. The summed E-state index contributed by atoms with van der Waals surface area (Å²) in [7, 11) is 1.85. The van der Waals surface area contributed by atoms with Crippen LogP contribution in [0.2, 0.25) is 0 Å². The van der Waals surface area contributed by atoms with E-state index in [0.29, 0.717) is 17.9 Å². The second-order valence-electron chi connectivity index (χ2n) is 12.3. The molecule has 1 aliphatic carbocycles. The number of ether oxygens (including phenoxy) is 1. The molecule has 0 radical (unpaired) electrons. The molecule has 1 N–H and O–H groups in total. The van der Waals surface area contributed by atoms with Gasteiger partial charge >= 0.3 is 0 Å². The van der Waals surface area contributed by atoms with Gasteiger partial charge in [-0.2, -0.15) is 5.26 Å². The van der Waals surface area contributed by atoms with Gasteiger partial charge in [0.25, 0.3) is 0 Å². The molecule has 0 heterocycles. The lowest BCUT2D eigenvalue weighted by molar-refractivity contribution is 0.0667. The van der Waals surface area contributed by atoms with E-state index in [2.05, 4.69) is 98.3 Å². The van der Waals surface area contributed by atoms with Gasteiger partial charge in [0, 0.05) is 30.9 Å². The predicted octanol–water partition coefficient (Wildman–Crippen LogP) is 9.74. The molecule has 2 atom stereocenters. The minimum atomic E-state index is 0.0294. The number of hydrogen-bond donors (Lipinski definition) is 1. The molecule has 0 spiro atoms. The first-order chi connectivity index (χ1) is 20.3. The van der Waals surface area contributed by atoms with Crippen LogP contribution in [0.15, 0.2) is 105 Å². The average Bonchev–Trinajstić information content (AvgIpc) is 3.14. The number of nitrogens with zero attached hydrogens (tertiary/aromatic N) is 2. The van der Waals surface area contributed by atoms with Crippen molar-refractivity contribution in [3.05, 3.63) is 99.9 Å². The van der Waals surface area contributed by atoms with Gasteiger partial charge in [0.2, 0.25) is 0 Å². The van der Waals surface area contributed by atoms with Crippen LogP contribution in [-0.4, -0.2) is 38.6 Å². The Hall–Kier alpha value is -3.22. The fraction of sp³-hybridized carbons (Fsp3) is 0.513. The molecule has 0 aromatic heterocycles. The van der Waals surface area contributed by atoms with Gasteiger partial charge in [-0.15, -0.1) is 5.73 Å². The Bertz CT molecular complexity index is 1270. The van der Waals surface area contributed by atoms with E-state index in [1.807, 2.05) is 25.3 Å². The number of allylic oxidation sites excluding steroid dienone is 10. The van der Waals surface area contributed by atoms with Crippen LogP contribution >= 0.6 is 0 Å². The number of hydrogen-bond acceptors (Lipinski definition) is 4. The van der Waals surface area contributed by atoms with Crippen molar-refractivity contribution in [1.29, 1.82) is 5.26 Å². The highest BCUT2D eigenvalue weighted by Crippen LogP contribution is 2.34. The maximum absolute atomic E-state index is 9.66. The summed E-state index contributed by atoms with van der Waals surface area (Å²) in [5.74, 6) is 0.645. The third-order valence-electron chi connectivity index (χ3n) is 7.47. The van der Waals surface area contributed by atoms with Crippen molar-refractivity contribution < 1.29 is 4.74 Å². The Morgan fingerprint density at radius 3 is 2.42 bits per heavy atom. The summed E-state index contributed by atoms with van der Waals surface area (Å²) in [5.41, 5.74) is 13.8. The minimum Gasteiger partial charge on any atom is -0.378 e. The van der Waals surface area contributed by atoms with E-state index in [9.17, 15) is 5.26 Å². The first-order valence-electron chi connectivity index (χ1n) is 15.8. The van der Waals surface area contributed by atoms with E-state index < -0.39 is 0 Å². The standard InChI is InChI=1S/C39H57N3O/c1-13-19-43-33(10)20-30(7)21-36(23-32(9)38-24-35(25-40)16-14-15-31(38)8)39(34(11)41-12)37(28(4)5)22-29(6)17-18-42-26-27(2)3/h14,16,23-24,27,32-33,42H,4,6-7,13,17-22,26H2,1-3,5,8-12H3/b36-23-,39-37+,41-34-. The van der Waals surface area contributed by atoms with Gasteiger partial charge in [-0.05, 0) is 119 Å². The van der Waals surface area contributed by atoms with Crippen LogP contribution < -0.4 is 5.32 Å². The van der Waals surface area contributed by atoms with Crippen LogP contribution in [0.4, 0.5) is 0 Å². The van der Waals surface area contributed by atoms with E-state index >= 15 is 0 Å². The summed E-state index contributed by atoms with van der Waals surface area (Å²) in [5, 5.41) is 13.2. The summed E-state index contributed by atoms with van der Waals surface area (Å²) in [6, 6.07) is 2.30. The molecule has 0 aromatic carbocycles. The van der Waals surface area contributed by atoms with E-state index in [1.54, 1.807) is 0 Å². The number of aliphatic imine (C=N–C) groups is 1. The highest BCUT2D eigenvalue weighted by atomic mass is 16.5. The highest BCUT2D eigenvalue weighted by Gasteiger charge is 2.21. The smallest absolute Gasteiger partial charge is 0.0991 e. The van der Waals surface area contributed by atoms with Crippen molar-refractivity contribution >= 4 is 5.71 Å². The lowest BCUT2D eigenvalue weighted by atomic mass is 9.82. The van der Waals surface area contributed by atoms with Crippen molar-refractivity contribution in [2.75, 3.05) is 26.7 Å². The monoisotopic (exact) mass is 583 g/mol. The molecule has 2 unspecified atom stereocenters. The molecular weight excluding hydrogens is 526 g/mol. The van der Waals surface area contributed by atoms with Gasteiger partial charge in [-0.3, -0.25) is 4.99 Å². The molecule has 0 fully saturated rings. The van der Waals surface area contributed by atoms with Crippen LogP contribution in [0.3, 0.4) is 0 Å². The second-order valence-corrected chi connectivity index (χ2v) is 12.3. The first kappa shape index (κ1) is 37.8. The molecule has 0 saturated carbocycles. The normalized spacial score (nSPS) is 16.0. The van der Waals surface area contributed by atoms with Crippen LogP contribution in [-0.2, 0) is 4.74 Å². The number of rotatable bonds is 19. The third kappa shape index (κ3) is 13.7. The molecule has 1 aliphatic rings. The molecular formula is C39H57N3O. The van der Waals surface area contributed by atoms with E-state index in [4.69, 9.17) is 9.73 Å². The number of nitriles is 1. The Labute approximate surface area is 263 Å². The van der Waals surface area contributed by atoms with Crippen LogP contribution in [0.25, 0.3) is 0 Å². The van der Waals surface area contributed by atoms with Crippen molar-refractivity contribution in [3.8, 4) is 6.07 Å². The fourth-order valence-electron chi connectivity index (χ4n) is 5.16. The Morgan fingerprint density at radius 1 is 1.14 bits per heavy atom. The fourth-order valence-corrected chi connectivity index (χ4v) is 5.16. The topological polar surface area (TPSA) is 57.4 Å². The van der Waals surface area contributed by atoms with E-state index in [1.165, 1.54) is 5.57 Å². The van der Waals surface area contributed by atoms with Crippen molar-refractivity contribution in [2.24, 2.45) is 16.8 Å². The van der Waals surface area contributed by atoms with Crippen molar-refractivity contribution in [3.63, 3.8) is 0 Å². The third-order valence-corrected chi connectivity index (χ3v) is 7.47. The molecule has 0 amide bonds. The average molecular weight is 584 g/mol. The lowest BCUT2D eigenvalue weighted by Gasteiger charge is -2.24. The largest absolute Gasteiger partial charge is 0.378 e. The van der Waals surface area contributed by atoms with Gasteiger partial charge in [0.1, 0.15) is 0 Å². The maximum Gasteiger partial charge on any atom is 0.0991 e. The summed E-state index contributed by atoms with van der Waals surface area (Å²) >= 11 is 0. The van der Waals surface area contributed by atoms with Crippen LogP contribution in [0.1, 0.15) is 87.5 Å². The van der Waals surface area contributed by atoms with Gasteiger partial charge in [-0.25, -0.2) is 0 Å².